The molecule has 17 heavy (non-hydrogen) atoms. The Kier molecular flexibility index (Phi) is 3.97. The molecule has 0 fully saturated rings. The number of aromatic nitrogens is 1. The van der Waals surface area contributed by atoms with E-state index in [1.807, 2.05) is 13.0 Å². The number of halogens is 1. The van der Waals surface area contributed by atoms with Crippen LogP contribution in [0.15, 0.2) is 12.1 Å². The zero-order valence-corrected chi connectivity index (χ0v) is 10.5. The van der Waals surface area contributed by atoms with E-state index in [0.717, 1.165) is 30.8 Å². The standard InChI is InChI=1S/C12H15ClN2O2/c1-2-17-12(16)8-15-6-5-10-9(7-15)3-4-11(13)14-10/h3-4H,2,5-8H2,1H3. The molecule has 4 nitrogen and oxygen atoms in total. The molecule has 0 aliphatic carbocycles. The molecule has 0 saturated heterocycles. The molecule has 0 N–H and O–H groups in total. The molecular weight excluding hydrogens is 240 g/mol. The first kappa shape index (κ1) is 12.3. The van der Waals surface area contributed by atoms with Crippen LogP contribution in [0.3, 0.4) is 0 Å². The van der Waals surface area contributed by atoms with Gasteiger partial charge >= 0.3 is 5.97 Å². The van der Waals surface area contributed by atoms with Crippen LogP contribution < -0.4 is 0 Å². The molecular formula is C12H15ClN2O2. The molecule has 0 saturated carbocycles. The Labute approximate surface area is 106 Å². The van der Waals surface area contributed by atoms with E-state index in [-0.39, 0.29) is 5.97 Å². The highest BCUT2D eigenvalue weighted by Crippen LogP contribution is 2.19. The average Bonchev–Trinajstić information content (AvgIpc) is 2.29. The van der Waals surface area contributed by atoms with Gasteiger partial charge in [-0.25, -0.2) is 4.98 Å². The van der Waals surface area contributed by atoms with Crippen molar-refractivity contribution in [3.63, 3.8) is 0 Å². The minimum absolute atomic E-state index is 0.169. The minimum Gasteiger partial charge on any atom is -0.465 e. The van der Waals surface area contributed by atoms with Crippen molar-refractivity contribution in [1.29, 1.82) is 0 Å². The van der Waals surface area contributed by atoms with Crippen molar-refractivity contribution in [2.75, 3.05) is 19.7 Å². The Balaban J connectivity index is 1.99. The molecule has 5 heteroatoms. The topological polar surface area (TPSA) is 42.4 Å². The van der Waals surface area contributed by atoms with E-state index in [0.29, 0.717) is 18.3 Å². The highest BCUT2D eigenvalue weighted by molar-refractivity contribution is 6.29. The smallest absolute Gasteiger partial charge is 0.320 e. The number of esters is 1. The summed E-state index contributed by atoms with van der Waals surface area (Å²) in [6, 6.07) is 3.76. The van der Waals surface area contributed by atoms with E-state index < -0.39 is 0 Å². The van der Waals surface area contributed by atoms with Crippen LogP contribution in [-0.4, -0.2) is 35.5 Å². The summed E-state index contributed by atoms with van der Waals surface area (Å²) >= 11 is 5.84. The predicted molar refractivity (Wildman–Crippen MR) is 64.9 cm³/mol. The molecule has 1 aromatic heterocycles. The second-order valence-electron chi connectivity index (χ2n) is 4.01. The number of nitrogens with zero attached hydrogens (tertiary/aromatic N) is 2. The van der Waals surface area contributed by atoms with Crippen molar-refractivity contribution < 1.29 is 9.53 Å². The van der Waals surface area contributed by atoms with Gasteiger partial charge in [0.25, 0.3) is 0 Å². The Morgan fingerprint density at radius 3 is 3.18 bits per heavy atom. The van der Waals surface area contributed by atoms with Crippen molar-refractivity contribution in [3.05, 3.63) is 28.5 Å². The molecule has 92 valence electrons. The fourth-order valence-electron chi connectivity index (χ4n) is 1.97. The van der Waals surface area contributed by atoms with Gasteiger partial charge in [-0.2, -0.15) is 0 Å². The zero-order chi connectivity index (χ0) is 12.3. The van der Waals surface area contributed by atoms with E-state index >= 15 is 0 Å². The summed E-state index contributed by atoms with van der Waals surface area (Å²) in [6.45, 7) is 4.14. The first-order valence-electron chi connectivity index (χ1n) is 5.71. The molecule has 2 rings (SSSR count). The van der Waals surface area contributed by atoms with Crippen LogP contribution >= 0.6 is 11.6 Å². The Hall–Kier alpha value is -1.13. The lowest BCUT2D eigenvalue weighted by molar-refractivity contribution is -0.144. The highest BCUT2D eigenvalue weighted by atomic mass is 35.5. The monoisotopic (exact) mass is 254 g/mol. The van der Waals surface area contributed by atoms with Gasteiger partial charge in [0.15, 0.2) is 0 Å². The van der Waals surface area contributed by atoms with Gasteiger partial charge < -0.3 is 4.74 Å². The van der Waals surface area contributed by atoms with Gasteiger partial charge in [0, 0.05) is 25.2 Å². The van der Waals surface area contributed by atoms with Crippen LogP contribution in [0.2, 0.25) is 5.15 Å². The first-order valence-corrected chi connectivity index (χ1v) is 6.09. The van der Waals surface area contributed by atoms with Crippen molar-refractivity contribution in [2.45, 2.75) is 19.9 Å². The number of hydrogen-bond donors (Lipinski definition) is 0. The normalized spacial score (nSPS) is 15.4. The maximum atomic E-state index is 11.4. The molecule has 0 amide bonds. The summed E-state index contributed by atoms with van der Waals surface area (Å²) in [5.41, 5.74) is 2.18. The van der Waals surface area contributed by atoms with Crippen LogP contribution in [0.4, 0.5) is 0 Å². The number of rotatable bonds is 3. The molecule has 0 spiro atoms. The van der Waals surface area contributed by atoms with Crippen molar-refractivity contribution in [3.8, 4) is 0 Å². The fraction of sp³-hybridized carbons (Fsp3) is 0.500. The molecule has 1 aliphatic rings. The van der Waals surface area contributed by atoms with Crippen molar-refractivity contribution in [2.24, 2.45) is 0 Å². The van der Waals surface area contributed by atoms with Gasteiger partial charge in [0.1, 0.15) is 5.15 Å². The molecule has 0 bridgehead atoms. The molecule has 0 aromatic carbocycles. The van der Waals surface area contributed by atoms with Crippen LogP contribution in [-0.2, 0) is 22.5 Å². The third-order valence-corrected chi connectivity index (χ3v) is 2.96. The van der Waals surface area contributed by atoms with Crippen molar-refractivity contribution in [1.82, 2.24) is 9.88 Å². The zero-order valence-electron chi connectivity index (χ0n) is 9.78. The summed E-state index contributed by atoms with van der Waals surface area (Å²) in [4.78, 5) is 17.7. The molecule has 0 atom stereocenters. The number of hydrogen-bond acceptors (Lipinski definition) is 4. The second kappa shape index (κ2) is 5.47. The Morgan fingerprint density at radius 2 is 2.41 bits per heavy atom. The van der Waals surface area contributed by atoms with Crippen molar-refractivity contribution >= 4 is 17.6 Å². The van der Waals surface area contributed by atoms with Gasteiger partial charge in [-0.15, -0.1) is 0 Å². The first-order chi connectivity index (χ1) is 8.19. The average molecular weight is 255 g/mol. The van der Waals surface area contributed by atoms with E-state index in [9.17, 15) is 4.79 Å². The van der Waals surface area contributed by atoms with Gasteiger partial charge in [-0.3, -0.25) is 9.69 Å². The van der Waals surface area contributed by atoms with Gasteiger partial charge in [0.2, 0.25) is 0 Å². The molecule has 1 aliphatic heterocycles. The second-order valence-corrected chi connectivity index (χ2v) is 4.39. The number of carbonyl (C=O) groups is 1. The maximum Gasteiger partial charge on any atom is 0.320 e. The molecule has 0 unspecified atom stereocenters. The summed E-state index contributed by atoms with van der Waals surface area (Å²) in [7, 11) is 0. The summed E-state index contributed by atoms with van der Waals surface area (Å²) in [6.07, 6.45) is 0.829. The predicted octanol–water partition coefficient (Wildman–Crippen LogP) is 1.66. The van der Waals surface area contributed by atoms with Gasteiger partial charge in [-0.05, 0) is 18.6 Å². The number of ether oxygens (including phenoxy) is 1. The summed E-state index contributed by atoms with van der Waals surface area (Å²) in [5.74, 6) is -0.169. The molecule has 2 heterocycles. The van der Waals surface area contributed by atoms with E-state index in [1.54, 1.807) is 6.07 Å². The number of carbonyl (C=O) groups excluding carboxylic acids is 1. The van der Waals surface area contributed by atoms with E-state index in [1.165, 1.54) is 0 Å². The largest absolute Gasteiger partial charge is 0.465 e. The molecule has 1 aromatic rings. The lowest BCUT2D eigenvalue weighted by Gasteiger charge is -2.27. The maximum absolute atomic E-state index is 11.4. The summed E-state index contributed by atoms with van der Waals surface area (Å²) in [5, 5.41) is 0.530. The molecule has 0 radical (unpaired) electrons. The van der Waals surface area contributed by atoms with Crippen LogP contribution in [0.25, 0.3) is 0 Å². The number of pyridine rings is 1. The third-order valence-electron chi connectivity index (χ3n) is 2.75. The fourth-order valence-corrected chi connectivity index (χ4v) is 2.14. The van der Waals surface area contributed by atoms with Crippen LogP contribution in [0.5, 0.6) is 0 Å². The number of fused-ring (bicyclic) bond motifs is 1. The highest BCUT2D eigenvalue weighted by Gasteiger charge is 2.19. The van der Waals surface area contributed by atoms with E-state index in [2.05, 4.69) is 9.88 Å². The summed E-state index contributed by atoms with van der Waals surface area (Å²) < 4.78 is 4.93. The minimum atomic E-state index is -0.169. The third kappa shape index (κ3) is 3.17. The van der Waals surface area contributed by atoms with E-state index in [4.69, 9.17) is 16.3 Å². The van der Waals surface area contributed by atoms with Gasteiger partial charge in [0.05, 0.1) is 13.2 Å². The van der Waals surface area contributed by atoms with Crippen LogP contribution in [0, 0.1) is 0 Å². The van der Waals surface area contributed by atoms with Gasteiger partial charge in [-0.1, -0.05) is 17.7 Å². The van der Waals surface area contributed by atoms with Crippen LogP contribution in [0.1, 0.15) is 18.2 Å². The quantitative estimate of drug-likeness (QED) is 0.608. The lowest BCUT2D eigenvalue weighted by atomic mass is 10.1. The Morgan fingerprint density at radius 1 is 1.59 bits per heavy atom. The SMILES string of the molecule is CCOC(=O)CN1CCc2nc(Cl)ccc2C1. The Bertz CT molecular complexity index is 423. The lowest BCUT2D eigenvalue weighted by Crippen LogP contribution is -2.35.